The molecule has 7 heteroatoms. The Morgan fingerprint density at radius 1 is 1.38 bits per heavy atom. The number of hydrazine groups is 1. The van der Waals surface area contributed by atoms with Gasteiger partial charge in [-0.1, -0.05) is 0 Å². The van der Waals surface area contributed by atoms with E-state index in [4.69, 9.17) is 10.3 Å². The van der Waals surface area contributed by atoms with Crippen LogP contribution in [0.5, 0.6) is 0 Å². The molecule has 1 atom stereocenters. The SMILES string of the molecule is NNc1ccc2cc(S(=O)[O-])c(=O)oc2c1. The van der Waals surface area contributed by atoms with Crippen molar-refractivity contribution in [3.63, 3.8) is 0 Å². The summed E-state index contributed by atoms with van der Waals surface area (Å²) in [6.07, 6.45) is 0. The lowest BCUT2D eigenvalue weighted by Gasteiger charge is -2.05. The highest BCUT2D eigenvalue weighted by molar-refractivity contribution is 7.79. The topological polar surface area (TPSA) is 108 Å². The summed E-state index contributed by atoms with van der Waals surface area (Å²) >= 11 is -2.60. The van der Waals surface area contributed by atoms with Gasteiger partial charge in [-0.05, 0) is 29.3 Å². The lowest BCUT2D eigenvalue weighted by atomic mass is 10.2. The molecule has 0 bridgehead atoms. The van der Waals surface area contributed by atoms with Gasteiger partial charge in [-0.2, -0.15) is 0 Å². The fourth-order valence-electron chi connectivity index (χ4n) is 1.30. The molecule has 0 aliphatic heterocycles. The van der Waals surface area contributed by atoms with E-state index < -0.39 is 16.7 Å². The maximum absolute atomic E-state index is 11.3. The average molecular weight is 239 g/mol. The minimum absolute atomic E-state index is 0.273. The van der Waals surface area contributed by atoms with Gasteiger partial charge >= 0.3 is 5.63 Å². The number of fused-ring (bicyclic) bond motifs is 1. The summed E-state index contributed by atoms with van der Waals surface area (Å²) in [5.41, 5.74) is 2.33. The molecule has 1 aromatic heterocycles. The summed E-state index contributed by atoms with van der Waals surface area (Å²) < 4.78 is 26.2. The maximum atomic E-state index is 11.3. The van der Waals surface area contributed by atoms with Crippen molar-refractivity contribution < 1.29 is 13.2 Å². The molecule has 1 unspecified atom stereocenters. The summed E-state index contributed by atoms with van der Waals surface area (Å²) in [7, 11) is 0. The van der Waals surface area contributed by atoms with Crippen LogP contribution >= 0.6 is 0 Å². The van der Waals surface area contributed by atoms with Crippen molar-refractivity contribution in [3.05, 3.63) is 34.7 Å². The van der Waals surface area contributed by atoms with Crippen LogP contribution in [-0.2, 0) is 11.1 Å². The third kappa shape index (κ3) is 1.83. The van der Waals surface area contributed by atoms with Crippen LogP contribution in [0.2, 0.25) is 0 Å². The second kappa shape index (κ2) is 4.05. The Bertz CT molecular complexity index is 622. The largest absolute Gasteiger partial charge is 0.768 e. The fraction of sp³-hybridized carbons (Fsp3) is 0. The molecule has 0 fully saturated rings. The van der Waals surface area contributed by atoms with E-state index in [1.165, 1.54) is 12.1 Å². The molecule has 1 heterocycles. The van der Waals surface area contributed by atoms with Crippen LogP contribution in [0.25, 0.3) is 11.0 Å². The number of benzene rings is 1. The number of nitrogen functional groups attached to an aromatic ring is 1. The van der Waals surface area contributed by atoms with Gasteiger partial charge in [-0.3, -0.25) is 10.1 Å². The van der Waals surface area contributed by atoms with E-state index >= 15 is 0 Å². The zero-order chi connectivity index (χ0) is 11.7. The molecule has 2 rings (SSSR count). The smallest absolute Gasteiger partial charge is 0.351 e. The molecule has 1 aromatic carbocycles. The van der Waals surface area contributed by atoms with Gasteiger partial charge in [0.1, 0.15) is 10.5 Å². The zero-order valence-corrected chi connectivity index (χ0v) is 8.74. The van der Waals surface area contributed by atoms with E-state index in [2.05, 4.69) is 5.43 Å². The van der Waals surface area contributed by atoms with Crippen molar-refractivity contribution in [1.82, 2.24) is 0 Å². The Morgan fingerprint density at radius 3 is 2.75 bits per heavy atom. The molecule has 16 heavy (non-hydrogen) atoms. The van der Waals surface area contributed by atoms with Crippen LogP contribution in [-0.4, -0.2) is 8.76 Å². The predicted octanol–water partition coefficient (Wildman–Crippen LogP) is 0.317. The first-order valence-electron chi connectivity index (χ1n) is 4.25. The first-order valence-corrected chi connectivity index (χ1v) is 5.33. The Balaban J connectivity index is 2.74. The first-order chi connectivity index (χ1) is 7.61. The van der Waals surface area contributed by atoms with Crippen molar-refractivity contribution in [2.45, 2.75) is 4.90 Å². The van der Waals surface area contributed by atoms with Gasteiger partial charge in [0.25, 0.3) is 0 Å². The number of anilines is 1. The van der Waals surface area contributed by atoms with Crippen LogP contribution in [0.15, 0.2) is 38.4 Å². The van der Waals surface area contributed by atoms with Gasteiger partial charge in [-0.25, -0.2) is 4.79 Å². The van der Waals surface area contributed by atoms with E-state index in [1.54, 1.807) is 12.1 Å². The van der Waals surface area contributed by atoms with Gasteiger partial charge in [0.05, 0.1) is 5.69 Å². The van der Waals surface area contributed by atoms with E-state index in [0.29, 0.717) is 11.1 Å². The van der Waals surface area contributed by atoms with E-state index in [0.717, 1.165) is 0 Å². The van der Waals surface area contributed by atoms with Crippen molar-refractivity contribution in [1.29, 1.82) is 0 Å². The minimum Gasteiger partial charge on any atom is -0.768 e. The molecular formula is C9H7N2O4S-. The van der Waals surface area contributed by atoms with Crippen LogP contribution in [0, 0.1) is 0 Å². The lowest BCUT2D eigenvalue weighted by Crippen LogP contribution is -2.09. The highest BCUT2D eigenvalue weighted by Crippen LogP contribution is 2.18. The standard InChI is InChI=1S/C9H8N2O4S/c10-11-6-2-1-5-3-8(16(13)14)9(12)15-7(5)4-6/h1-4,11H,10H2,(H,13,14)/p-1. The molecule has 0 amide bonds. The average Bonchev–Trinajstić information content (AvgIpc) is 2.27. The van der Waals surface area contributed by atoms with Gasteiger partial charge in [0.2, 0.25) is 0 Å². The number of nitrogens with two attached hydrogens (primary N) is 1. The monoisotopic (exact) mass is 239 g/mol. The lowest BCUT2D eigenvalue weighted by molar-refractivity contribution is 0.511. The molecule has 0 saturated heterocycles. The molecule has 0 saturated carbocycles. The number of hydrogen-bond acceptors (Lipinski definition) is 6. The molecule has 3 N–H and O–H groups in total. The predicted molar refractivity (Wildman–Crippen MR) is 57.5 cm³/mol. The third-order valence-electron chi connectivity index (χ3n) is 2.05. The molecule has 84 valence electrons. The van der Waals surface area contributed by atoms with Crippen molar-refractivity contribution in [2.24, 2.45) is 5.84 Å². The Kier molecular flexibility index (Phi) is 2.73. The highest BCUT2D eigenvalue weighted by Gasteiger charge is 2.06. The summed E-state index contributed by atoms with van der Waals surface area (Å²) in [5.74, 6) is 5.19. The summed E-state index contributed by atoms with van der Waals surface area (Å²) in [6, 6.07) is 6.00. The molecular weight excluding hydrogens is 232 g/mol. The Labute approximate surface area is 92.3 Å². The number of nitrogens with one attached hydrogen (secondary N) is 1. The normalized spacial score (nSPS) is 12.6. The second-order valence-corrected chi connectivity index (χ2v) is 3.94. The van der Waals surface area contributed by atoms with Gasteiger partial charge in [0, 0.05) is 11.5 Å². The molecule has 0 spiro atoms. The molecule has 0 radical (unpaired) electrons. The Hall–Kier alpha value is -1.70. The number of rotatable bonds is 2. The summed E-state index contributed by atoms with van der Waals surface area (Å²) in [5, 5.41) is 0.512. The van der Waals surface area contributed by atoms with Crippen LogP contribution in [0.3, 0.4) is 0 Å². The van der Waals surface area contributed by atoms with Crippen molar-refractivity contribution in [3.8, 4) is 0 Å². The van der Waals surface area contributed by atoms with Gasteiger partial charge in [-0.15, -0.1) is 0 Å². The van der Waals surface area contributed by atoms with E-state index in [-0.39, 0.29) is 10.5 Å². The first kappa shape index (κ1) is 10.8. The van der Waals surface area contributed by atoms with Crippen LogP contribution in [0.1, 0.15) is 0 Å². The van der Waals surface area contributed by atoms with Crippen LogP contribution < -0.4 is 16.9 Å². The number of hydrogen-bond donors (Lipinski definition) is 2. The maximum Gasteiger partial charge on any atom is 0.351 e. The van der Waals surface area contributed by atoms with Gasteiger partial charge in [0.15, 0.2) is 0 Å². The van der Waals surface area contributed by atoms with Crippen LogP contribution in [0.4, 0.5) is 5.69 Å². The summed E-state index contributed by atoms with van der Waals surface area (Å²) in [6.45, 7) is 0. The fourth-order valence-corrected chi connectivity index (χ4v) is 1.70. The van der Waals surface area contributed by atoms with Crippen molar-refractivity contribution >= 4 is 27.7 Å². The van der Waals surface area contributed by atoms with E-state index in [9.17, 15) is 13.6 Å². The second-order valence-electron chi connectivity index (χ2n) is 3.03. The Morgan fingerprint density at radius 2 is 2.12 bits per heavy atom. The highest BCUT2D eigenvalue weighted by atomic mass is 32.2. The molecule has 0 aliphatic carbocycles. The zero-order valence-electron chi connectivity index (χ0n) is 7.93. The van der Waals surface area contributed by atoms with E-state index in [1.807, 2.05) is 0 Å². The molecule has 2 aromatic rings. The summed E-state index contributed by atoms with van der Waals surface area (Å²) in [4.78, 5) is 10.9. The minimum atomic E-state index is -2.60. The molecule has 6 nitrogen and oxygen atoms in total. The van der Waals surface area contributed by atoms with Gasteiger partial charge < -0.3 is 14.4 Å². The molecule has 0 aliphatic rings. The van der Waals surface area contributed by atoms with Crippen molar-refractivity contribution in [2.75, 3.05) is 5.43 Å². The third-order valence-corrected chi connectivity index (χ3v) is 2.69. The quantitative estimate of drug-likeness (QED) is 0.338.